The number of likely N-dealkylation sites (N-methyl/N-ethyl adjacent to an activating group) is 1. The van der Waals surface area contributed by atoms with Crippen molar-refractivity contribution in [3.63, 3.8) is 0 Å². The minimum atomic E-state index is -1.02. The highest BCUT2D eigenvalue weighted by molar-refractivity contribution is 6.50. The van der Waals surface area contributed by atoms with Crippen molar-refractivity contribution in [2.45, 2.75) is 18.8 Å². The summed E-state index contributed by atoms with van der Waals surface area (Å²) in [5.74, 6) is -0.974. The van der Waals surface area contributed by atoms with E-state index in [4.69, 9.17) is 0 Å². The summed E-state index contributed by atoms with van der Waals surface area (Å²) in [6, 6.07) is 10.3. The first-order valence-corrected chi connectivity index (χ1v) is 10.8. The van der Waals surface area contributed by atoms with E-state index < -0.39 is 24.1 Å². The zero-order chi connectivity index (χ0) is 24.1. The lowest BCUT2D eigenvalue weighted by atomic mass is 9.94. The summed E-state index contributed by atoms with van der Waals surface area (Å²) in [4.78, 5) is 33.5. The number of aromatic hydroxyl groups is 1. The predicted molar refractivity (Wildman–Crippen MR) is 128 cm³/mol. The number of imide groups is 1. The van der Waals surface area contributed by atoms with Crippen molar-refractivity contribution >= 4 is 44.8 Å². The van der Waals surface area contributed by atoms with E-state index in [1.54, 1.807) is 44.7 Å². The van der Waals surface area contributed by atoms with Gasteiger partial charge in [-0.1, -0.05) is 6.07 Å². The van der Waals surface area contributed by atoms with E-state index in [1.165, 1.54) is 4.90 Å². The molecule has 0 spiro atoms. The molecular weight excluding hydrogens is 436 g/mol. The van der Waals surface area contributed by atoms with E-state index in [0.717, 1.165) is 16.6 Å². The normalized spacial score (nSPS) is 16.1. The van der Waals surface area contributed by atoms with Crippen LogP contribution in [0.5, 0.6) is 5.75 Å². The Bertz CT molecular complexity index is 1480. The van der Waals surface area contributed by atoms with Gasteiger partial charge < -0.3 is 25.3 Å². The van der Waals surface area contributed by atoms with Crippen molar-refractivity contribution in [1.82, 2.24) is 20.2 Å². The fourth-order valence-electron chi connectivity index (χ4n) is 4.48. The summed E-state index contributed by atoms with van der Waals surface area (Å²) in [6.45, 7) is 0. The molecule has 0 saturated carbocycles. The highest BCUT2D eigenvalue weighted by atomic mass is 16.3. The zero-order valence-corrected chi connectivity index (χ0v) is 18.6. The van der Waals surface area contributed by atoms with Crippen LogP contribution in [0.1, 0.15) is 16.7 Å². The van der Waals surface area contributed by atoms with E-state index in [0.29, 0.717) is 21.9 Å². The lowest BCUT2D eigenvalue weighted by Crippen LogP contribution is -2.39. The molecule has 4 aromatic rings. The number of hydrogen-bond donors (Lipinski definition) is 6. The second kappa shape index (κ2) is 8.14. The largest absolute Gasteiger partial charge is 0.508 e. The van der Waals surface area contributed by atoms with Crippen LogP contribution < -0.4 is 5.32 Å². The maximum absolute atomic E-state index is 12.9. The average Bonchev–Trinajstić information content (AvgIpc) is 3.47. The molecule has 174 valence electrons. The number of hydrogen-bond acceptors (Lipinski definition) is 6. The van der Waals surface area contributed by atoms with Gasteiger partial charge in [0, 0.05) is 51.7 Å². The maximum Gasteiger partial charge on any atom is 0.259 e. The van der Waals surface area contributed by atoms with E-state index in [9.17, 15) is 24.9 Å². The number of nitrogens with one attached hydrogen (secondary N) is 3. The zero-order valence-electron chi connectivity index (χ0n) is 18.6. The number of phenols is 1. The molecular formula is C25H24N4O5. The molecule has 3 heterocycles. The minimum absolute atomic E-state index is 0.0513. The van der Waals surface area contributed by atoms with Crippen LogP contribution in [0.4, 0.5) is 0 Å². The number of fused-ring (bicyclic) bond motifs is 2. The Morgan fingerprint density at radius 3 is 2.00 bits per heavy atom. The quantitative estimate of drug-likeness (QED) is 0.191. The number of aromatic nitrogens is 2. The lowest BCUT2D eigenvalue weighted by Gasteiger charge is -2.23. The monoisotopic (exact) mass is 460 g/mol. The molecule has 34 heavy (non-hydrogen) atoms. The summed E-state index contributed by atoms with van der Waals surface area (Å²) in [6.07, 6.45) is 1.52. The Kier molecular flexibility index (Phi) is 5.24. The van der Waals surface area contributed by atoms with Crippen molar-refractivity contribution < 1.29 is 24.9 Å². The Balaban J connectivity index is 1.65. The van der Waals surface area contributed by atoms with Crippen molar-refractivity contribution in [2.75, 3.05) is 14.1 Å². The van der Waals surface area contributed by atoms with Crippen LogP contribution in [-0.4, -0.2) is 68.4 Å². The fourth-order valence-corrected chi connectivity index (χ4v) is 4.48. The van der Waals surface area contributed by atoms with Crippen LogP contribution in [0.15, 0.2) is 48.8 Å². The molecule has 0 bridgehead atoms. The molecule has 1 aliphatic heterocycles. The van der Waals surface area contributed by atoms with Crippen molar-refractivity contribution in [1.29, 1.82) is 0 Å². The molecule has 2 atom stereocenters. The van der Waals surface area contributed by atoms with Gasteiger partial charge in [0.1, 0.15) is 12.0 Å². The molecule has 0 saturated heterocycles. The van der Waals surface area contributed by atoms with Gasteiger partial charge in [0.15, 0.2) is 0 Å². The van der Waals surface area contributed by atoms with E-state index in [1.807, 2.05) is 18.2 Å². The minimum Gasteiger partial charge on any atom is -0.508 e. The van der Waals surface area contributed by atoms with Crippen molar-refractivity contribution in [3.8, 4) is 5.75 Å². The van der Waals surface area contributed by atoms with E-state index >= 15 is 0 Å². The van der Waals surface area contributed by atoms with Gasteiger partial charge in [0.25, 0.3) is 11.8 Å². The van der Waals surface area contributed by atoms with Crippen LogP contribution in [0.2, 0.25) is 0 Å². The predicted octanol–water partition coefficient (Wildman–Crippen LogP) is 1.71. The average molecular weight is 460 g/mol. The molecule has 0 fully saturated rings. The summed E-state index contributed by atoms with van der Waals surface area (Å²) >= 11 is 0. The Morgan fingerprint density at radius 2 is 1.41 bits per heavy atom. The van der Waals surface area contributed by atoms with E-state index in [-0.39, 0.29) is 23.3 Å². The summed E-state index contributed by atoms with van der Waals surface area (Å²) < 4.78 is 0. The SMILES string of the molecule is CN(C)C(O)C(O)Cc1ccc2[nH]cc(C3=C(c4c[nH]c5ccc(O)cc45)C(=O)NC3=O)c2c1. The second-order valence-electron chi connectivity index (χ2n) is 8.70. The highest BCUT2D eigenvalue weighted by Crippen LogP contribution is 2.38. The summed E-state index contributed by atoms with van der Waals surface area (Å²) in [5.41, 5.74) is 3.76. The number of rotatable bonds is 6. The third kappa shape index (κ3) is 3.56. The van der Waals surface area contributed by atoms with Gasteiger partial charge in [-0.25, -0.2) is 0 Å². The van der Waals surface area contributed by atoms with Gasteiger partial charge in [-0.15, -0.1) is 0 Å². The number of carbonyl (C=O) groups excluding carboxylic acids is 2. The molecule has 9 nitrogen and oxygen atoms in total. The standard InChI is InChI=1S/C25H24N4O5/c1-29(2)25(34)20(31)8-12-3-5-18-14(7-12)16(10-26-18)21-22(24(33)28-23(21)32)17-11-27-19-6-4-13(30)9-15(17)19/h3-7,9-11,20,25-27,30-31,34H,8H2,1-2H3,(H,28,32,33). The molecule has 9 heteroatoms. The smallest absolute Gasteiger partial charge is 0.259 e. The molecule has 2 amide bonds. The first-order chi connectivity index (χ1) is 16.2. The van der Waals surface area contributed by atoms with Gasteiger partial charge in [0.2, 0.25) is 0 Å². The molecule has 2 aromatic carbocycles. The van der Waals surface area contributed by atoms with Gasteiger partial charge in [-0.2, -0.15) is 0 Å². The van der Waals surface area contributed by atoms with Crippen LogP contribution in [0, 0.1) is 0 Å². The summed E-state index contributed by atoms with van der Waals surface area (Å²) in [5, 5.41) is 34.2. The van der Waals surface area contributed by atoms with Crippen LogP contribution >= 0.6 is 0 Å². The first kappa shape index (κ1) is 21.9. The number of benzene rings is 2. The van der Waals surface area contributed by atoms with Gasteiger partial charge in [-0.05, 0) is 50.0 Å². The number of aliphatic hydroxyl groups excluding tert-OH is 2. The van der Waals surface area contributed by atoms with Crippen molar-refractivity contribution in [3.05, 3.63) is 65.5 Å². The molecule has 2 unspecified atom stereocenters. The second-order valence-corrected chi connectivity index (χ2v) is 8.70. The third-order valence-electron chi connectivity index (χ3n) is 6.20. The molecule has 0 radical (unpaired) electrons. The third-order valence-corrected chi connectivity index (χ3v) is 6.20. The Morgan fingerprint density at radius 1 is 0.853 bits per heavy atom. The highest BCUT2D eigenvalue weighted by Gasteiger charge is 2.34. The summed E-state index contributed by atoms with van der Waals surface area (Å²) in [7, 11) is 3.35. The fraction of sp³-hybridized carbons (Fsp3) is 0.200. The van der Waals surface area contributed by atoms with Crippen LogP contribution in [0.25, 0.3) is 33.0 Å². The van der Waals surface area contributed by atoms with Gasteiger partial charge in [0.05, 0.1) is 17.3 Å². The topological polar surface area (TPSA) is 142 Å². The van der Waals surface area contributed by atoms with Crippen molar-refractivity contribution in [2.24, 2.45) is 0 Å². The number of carbonyl (C=O) groups is 2. The molecule has 1 aliphatic rings. The number of aliphatic hydroxyl groups is 2. The Labute approximate surface area is 194 Å². The van der Waals surface area contributed by atoms with Crippen LogP contribution in [-0.2, 0) is 16.0 Å². The number of H-pyrrole nitrogens is 2. The van der Waals surface area contributed by atoms with Gasteiger partial charge >= 0.3 is 0 Å². The number of nitrogens with zero attached hydrogens (tertiary/aromatic N) is 1. The first-order valence-electron chi connectivity index (χ1n) is 10.8. The van der Waals surface area contributed by atoms with E-state index in [2.05, 4.69) is 15.3 Å². The molecule has 0 aliphatic carbocycles. The Hall–Kier alpha value is -3.92. The molecule has 2 aromatic heterocycles. The molecule has 6 N–H and O–H groups in total. The molecule has 5 rings (SSSR count). The number of phenolic OH excluding ortho intramolecular Hbond substituents is 1. The van der Waals surface area contributed by atoms with Crippen LogP contribution in [0.3, 0.4) is 0 Å². The number of amides is 2. The lowest BCUT2D eigenvalue weighted by molar-refractivity contribution is -0.122. The maximum atomic E-state index is 12.9. The number of aromatic amines is 2. The van der Waals surface area contributed by atoms with Gasteiger partial charge in [-0.3, -0.25) is 19.8 Å².